The lowest BCUT2D eigenvalue weighted by Gasteiger charge is -2.20. The van der Waals surface area contributed by atoms with Gasteiger partial charge in [0.2, 0.25) is 0 Å². The number of nitrogens with one attached hydrogen (secondary N) is 1. The van der Waals surface area contributed by atoms with Crippen LogP contribution in [0.2, 0.25) is 0 Å². The molecule has 138 valence electrons. The van der Waals surface area contributed by atoms with Crippen molar-refractivity contribution in [2.45, 2.75) is 57.8 Å². The predicted molar refractivity (Wildman–Crippen MR) is 98.8 cm³/mol. The highest BCUT2D eigenvalue weighted by molar-refractivity contribution is 7.16. The van der Waals surface area contributed by atoms with Crippen LogP contribution < -0.4 is 5.32 Å². The zero-order valence-corrected chi connectivity index (χ0v) is 15.7. The number of aryl methyl sites for hydroxylation is 1. The lowest BCUT2D eigenvalue weighted by atomic mass is 9.86. The largest absolute Gasteiger partial charge is 0.456 e. The molecule has 1 aromatic heterocycles. The number of carbonyl (C=O) groups excluding carboxylic acids is 2. The number of rotatable bonds is 5. The Bertz CT molecular complexity index is 764. The van der Waals surface area contributed by atoms with Gasteiger partial charge in [0.15, 0.2) is 6.61 Å². The number of fused-ring (bicyclic) bond motifs is 3. The maximum atomic E-state index is 12.2. The van der Waals surface area contributed by atoms with Crippen LogP contribution in [-0.2, 0) is 27.2 Å². The van der Waals surface area contributed by atoms with E-state index in [1.807, 2.05) is 0 Å². The second kappa shape index (κ2) is 7.40. The monoisotopic (exact) mass is 372 g/mol. The second-order valence-electron chi connectivity index (χ2n) is 7.87. The fraction of sp³-hybridized carbons (Fsp3) is 0.650. The molecule has 3 unspecified atom stereocenters. The van der Waals surface area contributed by atoms with Crippen molar-refractivity contribution >= 4 is 28.2 Å². The highest BCUT2D eigenvalue weighted by Crippen LogP contribution is 2.49. The van der Waals surface area contributed by atoms with Gasteiger partial charge in [0.25, 0.3) is 5.91 Å². The average molecular weight is 372 g/mol. The zero-order chi connectivity index (χ0) is 18.1. The zero-order valence-electron chi connectivity index (χ0n) is 14.9. The van der Waals surface area contributed by atoms with E-state index >= 15 is 0 Å². The summed E-state index contributed by atoms with van der Waals surface area (Å²) < 4.78 is 5.19. The maximum Gasteiger partial charge on any atom is 0.306 e. The Hall–Kier alpha value is -1.87. The topological polar surface area (TPSA) is 79.2 Å². The van der Waals surface area contributed by atoms with Crippen LogP contribution in [0.3, 0.4) is 0 Å². The normalized spacial score (nSPS) is 26.2. The molecular weight excluding hydrogens is 348 g/mol. The van der Waals surface area contributed by atoms with E-state index in [-0.39, 0.29) is 18.5 Å². The van der Waals surface area contributed by atoms with Gasteiger partial charge >= 0.3 is 5.97 Å². The molecule has 3 atom stereocenters. The summed E-state index contributed by atoms with van der Waals surface area (Å²) in [6, 6.07) is 2.23. The Kier molecular flexibility index (Phi) is 4.99. The molecule has 0 saturated heterocycles. The van der Waals surface area contributed by atoms with Crippen molar-refractivity contribution in [3.8, 4) is 6.07 Å². The van der Waals surface area contributed by atoms with E-state index in [4.69, 9.17) is 4.74 Å². The molecule has 1 N–H and O–H groups in total. The summed E-state index contributed by atoms with van der Waals surface area (Å²) in [7, 11) is 0. The van der Waals surface area contributed by atoms with Crippen LogP contribution in [0, 0.1) is 29.1 Å². The summed E-state index contributed by atoms with van der Waals surface area (Å²) in [5.41, 5.74) is 1.68. The van der Waals surface area contributed by atoms with Crippen LogP contribution >= 0.6 is 11.3 Å². The molecule has 3 aliphatic carbocycles. The van der Waals surface area contributed by atoms with Gasteiger partial charge in [-0.2, -0.15) is 5.26 Å². The van der Waals surface area contributed by atoms with Crippen LogP contribution in [-0.4, -0.2) is 18.5 Å². The summed E-state index contributed by atoms with van der Waals surface area (Å²) in [6.45, 7) is -0.271. The van der Waals surface area contributed by atoms with Crippen molar-refractivity contribution in [1.29, 1.82) is 5.26 Å². The molecule has 3 aliphatic rings. The summed E-state index contributed by atoms with van der Waals surface area (Å²) in [4.78, 5) is 25.4. The Morgan fingerprint density at radius 3 is 2.81 bits per heavy atom. The molecule has 5 nitrogen and oxygen atoms in total. The Morgan fingerprint density at radius 2 is 2.08 bits per heavy atom. The first-order chi connectivity index (χ1) is 12.6. The number of esters is 1. The van der Waals surface area contributed by atoms with Gasteiger partial charge in [0.1, 0.15) is 11.1 Å². The highest BCUT2D eigenvalue weighted by atomic mass is 32.1. The van der Waals surface area contributed by atoms with Gasteiger partial charge in [-0.05, 0) is 68.3 Å². The van der Waals surface area contributed by atoms with Gasteiger partial charge in [-0.25, -0.2) is 0 Å². The van der Waals surface area contributed by atoms with E-state index in [2.05, 4.69) is 11.4 Å². The first kappa shape index (κ1) is 17.5. The highest BCUT2D eigenvalue weighted by Gasteiger charge is 2.40. The summed E-state index contributed by atoms with van der Waals surface area (Å²) >= 11 is 1.49. The fourth-order valence-corrected chi connectivity index (χ4v) is 6.24. The quantitative estimate of drug-likeness (QED) is 0.797. The number of thiophene rings is 1. The Morgan fingerprint density at radius 1 is 1.23 bits per heavy atom. The average Bonchev–Trinajstić information content (AvgIpc) is 3.33. The molecule has 1 heterocycles. The van der Waals surface area contributed by atoms with E-state index in [1.165, 1.54) is 35.5 Å². The second-order valence-corrected chi connectivity index (χ2v) is 8.98. The van der Waals surface area contributed by atoms with Crippen LogP contribution in [0.15, 0.2) is 0 Å². The van der Waals surface area contributed by atoms with Crippen LogP contribution in [0.1, 0.15) is 60.9 Å². The van der Waals surface area contributed by atoms with Gasteiger partial charge in [-0.15, -0.1) is 11.3 Å². The van der Waals surface area contributed by atoms with Crippen molar-refractivity contribution < 1.29 is 14.3 Å². The third-order valence-electron chi connectivity index (χ3n) is 6.21. The lowest BCUT2D eigenvalue weighted by molar-refractivity contribution is -0.148. The molecule has 4 rings (SSSR count). The fourth-order valence-electron chi connectivity index (χ4n) is 4.98. The van der Waals surface area contributed by atoms with Crippen molar-refractivity contribution in [2.75, 3.05) is 11.9 Å². The number of hydrogen-bond donors (Lipinski definition) is 1. The minimum atomic E-state index is -0.360. The Labute approximate surface area is 157 Å². The third-order valence-corrected chi connectivity index (χ3v) is 7.42. The molecule has 2 bridgehead atoms. The number of carbonyl (C=O) groups is 2. The molecule has 0 aromatic carbocycles. The standard InChI is InChI=1S/C20H24N2O3S/c21-10-16-15-3-1-2-4-17(15)26-20(16)22-18(23)11-25-19(24)9-14-8-12-5-6-13(14)7-12/h12-14H,1-9,11H2,(H,22,23). The van der Waals surface area contributed by atoms with Gasteiger partial charge in [0.05, 0.1) is 5.56 Å². The first-order valence-corrected chi connectivity index (χ1v) is 10.5. The summed E-state index contributed by atoms with van der Waals surface area (Å²) in [5.74, 6) is 1.29. The van der Waals surface area contributed by atoms with Crippen molar-refractivity contribution in [3.63, 3.8) is 0 Å². The first-order valence-electron chi connectivity index (χ1n) is 9.64. The third kappa shape index (κ3) is 3.50. The molecule has 0 radical (unpaired) electrons. The molecular formula is C20H24N2O3S. The molecule has 26 heavy (non-hydrogen) atoms. The minimum Gasteiger partial charge on any atom is -0.456 e. The van der Waals surface area contributed by atoms with Gasteiger partial charge in [0, 0.05) is 11.3 Å². The predicted octanol–water partition coefficient (Wildman–Crippen LogP) is 3.81. The maximum absolute atomic E-state index is 12.2. The number of ether oxygens (including phenoxy) is 1. The van der Waals surface area contributed by atoms with E-state index < -0.39 is 0 Å². The van der Waals surface area contributed by atoms with E-state index in [1.54, 1.807) is 0 Å². The smallest absolute Gasteiger partial charge is 0.306 e. The van der Waals surface area contributed by atoms with E-state index in [0.717, 1.165) is 43.6 Å². The van der Waals surface area contributed by atoms with Crippen molar-refractivity contribution in [3.05, 3.63) is 16.0 Å². The number of nitriles is 1. The van der Waals surface area contributed by atoms with Crippen LogP contribution in [0.4, 0.5) is 5.00 Å². The molecule has 2 fully saturated rings. The van der Waals surface area contributed by atoms with Crippen molar-refractivity contribution in [2.24, 2.45) is 17.8 Å². The number of hydrogen-bond acceptors (Lipinski definition) is 5. The number of nitrogens with zero attached hydrogens (tertiary/aromatic N) is 1. The lowest BCUT2D eigenvalue weighted by Crippen LogP contribution is -2.23. The van der Waals surface area contributed by atoms with E-state index in [9.17, 15) is 14.9 Å². The summed E-state index contributed by atoms with van der Waals surface area (Å²) in [6.07, 6.45) is 9.49. The van der Waals surface area contributed by atoms with Gasteiger partial charge < -0.3 is 10.1 Å². The van der Waals surface area contributed by atoms with Crippen LogP contribution in [0.5, 0.6) is 0 Å². The van der Waals surface area contributed by atoms with Gasteiger partial charge in [-0.3, -0.25) is 9.59 Å². The Balaban J connectivity index is 1.28. The molecule has 1 aromatic rings. The molecule has 1 amide bonds. The summed E-state index contributed by atoms with van der Waals surface area (Å²) in [5, 5.41) is 12.8. The van der Waals surface area contributed by atoms with Crippen molar-refractivity contribution in [1.82, 2.24) is 0 Å². The molecule has 0 spiro atoms. The SMILES string of the molecule is N#Cc1c(NC(=O)COC(=O)CC2CC3CCC2C3)sc2c1CCCC2. The number of anilines is 1. The van der Waals surface area contributed by atoms with E-state index in [0.29, 0.717) is 28.8 Å². The molecule has 6 heteroatoms. The molecule has 0 aliphatic heterocycles. The molecule has 2 saturated carbocycles. The van der Waals surface area contributed by atoms with Gasteiger partial charge in [-0.1, -0.05) is 6.42 Å². The van der Waals surface area contributed by atoms with Crippen LogP contribution in [0.25, 0.3) is 0 Å². The number of amides is 1. The minimum absolute atomic E-state index is 0.271.